The van der Waals surface area contributed by atoms with Crippen LogP contribution in [0, 0.1) is 6.92 Å². The molecule has 0 aliphatic carbocycles. The minimum Gasteiger partial charge on any atom is -0.465 e. The number of ether oxygens (including phenoxy) is 1. The summed E-state index contributed by atoms with van der Waals surface area (Å²) in [6.07, 6.45) is 1.38. The first-order chi connectivity index (χ1) is 9.95. The highest BCUT2D eigenvalue weighted by Crippen LogP contribution is 2.18. The number of hydrogen-bond acceptors (Lipinski definition) is 4. The van der Waals surface area contributed by atoms with E-state index in [1.54, 1.807) is 13.8 Å². The molecule has 21 heavy (non-hydrogen) atoms. The van der Waals surface area contributed by atoms with E-state index in [4.69, 9.17) is 10.5 Å². The Morgan fingerprint density at radius 1 is 1.43 bits per heavy atom. The zero-order valence-corrected chi connectivity index (χ0v) is 12.9. The number of imidazole rings is 1. The first-order valence-corrected chi connectivity index (χ1v) is 7.33. The van der Waals surface area contributed by atoms with Crippen LogP contribution in [0.3, 0.4) is 0 Å². The summed E-state index contributed by atoms with van der Waals surface area (Å²) in [5.74, 6) is 0.642. The molecule has 5 heteroatoms. The lowest BCUT2D eigenvalue weighted by molar-refractivity contribution is -0.149. The van der Waals surface area contributed by atoms with Gasteiger partial charge in [0, 0.05) is 6.54 Å². The van der Waals surface area contributed by atoms with Gasteiger partial charge < -0.3 is 15.0 Å². The summed E-state index contributed by atoms with van der Waals surface area (Å²) >= 11 is 0. The van der Waals surface area contributed by atoms with Gasteiger partial charge in [-0.2, -0.15) is 0 Å². The SMILES string of the molecule is CCOC(=O)C(C)(N)CCCn1c(C)nc2ccccc21. The molecular formula is C16H23N3O2. The van der Waals surface area contributed by atoms with Crippen molar-refractivity contribution in [2.75, 3.05) is 6.61 Å². The van der Waals surface area contributed by atoms with E-state index in [0.29, 0.717) is 13.0 Å². The maximum absolute atomic E-state index is 11.8. The third kappa shape index (κ3) is 3.42. The smallest absolute Gasteiger partial charge is 0.325 e. The van der Waals surface area contributed by atoms with Crippen LogP contribution in [-0.2, 0) is 16.1 Å². The molecule has 1 aromatic heterocycles. The van der Waals surface area contributed by atoms with Crippen molar-refractivity contribution in [3.05, 3.63) is 30.1 Å². The van der Waals surface area contributed by atoms with Crippen LogP contribution in [0.2, 0.25) is 0 Å². The fraction of sp³-hybridized carbons (Fsp3) is 0.500. The number of carbonyl (C=O) groups is 1. The molecule has 0 saturated heterocycles. The molecule has 1 heterocycles. The Bertz CT molecular complexity index is 631. The van der Waals surface area contributed by atoms with E-state index in [0.717, 1.165) is 29.8 Å². The van der Waals surface area contributed by atoms with Crippen LogP contribution in [-0.4, -0.2) is 27.7 Å². The van der Waals surface area contributed by atoms with Gasteiger partial charge >= 0.3 is 5.97 Å². The summed E-state index contributed by atoms with van der Waals surface area (Å²) in [7, 11) is 0. The fourth-order valence-electron chi connectivity index (χ4n) is 2.48. The number of hydrogen-bond donors (Lipinski definition) is 1. The number of esters is 1. The number of rotatable bonds is 6. The van der Waals surface area contributed by atoms with Gasteiger partial charge in [0.15, 0.2) is 0 Å². The first-order valence-electron chi connectivity index (χ1n) is 7.33. The molecule has 0 fully saturated rings. The van der Waals surface area contributed by atoms with Crippen LogP contribution in [0.1, 0.15) is 32.5 Å². The summed E-state index contributed by atoms with van der Waals surface area (Å²) in [6.45, 7) is 6.65. The summed E-state index contributed by atoms with van der Waals surface area (Å²) in [4.78, 5) is 16.3. The van der Waals surface area contributed by atoms with Gasteiger partial charge in [-0.1, -0.05) is 12.1 Å². The predicted molar refractivity (Wildman–Crippen MR) is 82.9 cm³/mol. The Kier molecular flexibility index (Phi) is 4.63. The van der Waals surface area contributed by atoms with Crippen LogP contribution in [0.4, 0.5) is 0 Å². The van der Waals surface area contributed by atoms with Crippen molar-refractivity contribution >= 4 is 17.0 Å². The summed E-state index contributed by atoms with van der Waals surface area (Å²) in [5.41, 5.74) is 7.22. The van der Waals surface area contributed by atoms with Gasteiger partial charge in [0.05, 0.1) is 17.6 Å². The highest BCUT2D eigenvalue weighted by Gasteiger charge is 2.29. The largest absolute Gasteiger partial charge is 0.465 e. The predicted octanol–water partition coefficient (Wildman–Crippen LogP) is 2.41. The van der Waals surface area contributed by atoms with Crippen molar-refractivity contribution in [1.82, 2.24) is 9.55 Å². The van der Waals surface area contributed by atoms with Crippen molar-refractivity contribution in [3.8, 4) is 0 Å². The molecule has 0 radical (unpaired) electrons. The monoisotopic (exact) mass is 289 g/mol. The summed E-state index contributed by atoms with van der Waals surface area (Å²) in [5, 5.41) is 0. The second-order valence-electron chi connectivity index (χ2n) is 5.54. The Morgan fingerprint density at radius 2 is 2.14 bits per heavy atom. The maximum atomic E-state index is 11.8. The van der Waals surface area contributed by atoms with Crippen molar-refractivity contribution in [2.45, 2.75) is 45.7 Å². The number of aryl methyl sites for hydroxylation is 2. The Morgan fingerprint density at radius 3 is 2.86 bits per heavy atom. The van der Waals surface area contributed by atoms with Gasteiger partial charge in [-0.25, -0.2) is 4.98 Å². The first kappa shape index (κ1) is 15.5. The third-order valence-corrected chi connectivity index (χ3v) is 3.66. The van der Waals surface area contributed by atoms with Gasteiger partial charge in [-0.15, -0.1) is 0 Å². The molecule has 0 bridgehead atoms. The minimum atomic E-state index is -0.930. The number of fused-ring (bicyclic) bond motifs is 1. The molecule has 0 spiro atoms. The van der Waals surface area contributed by atoms with E-state index in [9.17, 15) is 4.79 Å². The van der Waals surface area contributed by atoms with Crippen molar-refractivity contribution < 1.29 is 9.53 Å². The second-order valence-corrected chi connectivity index (χ2v) is 5.54. The van der Waals surface area contributed by atoms with E-state index in [-0.39, 0.29) is 5.97 Å². The average molecular weight is 289 g/mol. The number of carbonyl (C=O) groups excluding carboxylic acids is 1. The fourth-order valence-corrected chi connectivity index (χ4v) is 2.48. The summed E-state index contributed by atoms with van der Waals surface area (Å²) in [6, 6.07) is 8.05. The number of para-hydroxylation sites is 2. The van der Waals surface area contributed by atoms with Crippen molar-refractivity contribution in [3.63, 3.8) is 0 Å². The number of nitrogens with two attached hydrogens (primary N) is 1. The second kappa shape index (κ2) is 6.26. The minimum absolute atomic E-state index is 0.336. The molecule has 2 rings (SSSR count). The zero-order chi connectivity index (χ0) is 15.5. The highest BCUT2D eigenvalue weighted by molar-refractivity contribution is 5.80. The number of aromatic nitrogens is 2. The lowest BCUT2D eigenvalue weighted by Gasteiger charge is -2.22. The van der Waals surface area contributed by atoms with Crippen molar-refractivity contribution in [2.24, 2.45) is 5.73 Å². The van der Waals surface area contributed by atoms with Crippen LogP contribution < -0.4 is 5.73 Å². The third-order valence-electron chi connectivity index (χ3n) is 3.66. The molecule has 1 atom stereocenters. The van der Waals surface area contributed by atoms with Gasteiger partial charge in [-0.05, 0) is 45.7 Å². The molecule has 5 nitrogen and oxygen atoms in total. The van der Waals surface area contributed by atoms with Crippen LogP contribution in [0.25, 0.3) is 11.0 Å². The molecule has 0 amide bonds. The topological polar surface area (TPSA) is 70.1 Å². The maximum Gasteiger partial charge on any atom is 0.325 e. The molecule has 114 valence electrons. The number of benzene rings is 1. The lowest BCUT2D eigenvalue weighted by Crippen LogP contribution is -2.46. The number of nitrogens with zero attached hydrogens (tertiary/aromatic N) is 2. The Hall–Kier alpha value is -1.88. The van der Waals surface area contributed by atoms with Crippen LogP contribution in [0.5, 0.6) is 0 Å². The quantitative estimate of drug-likeness (QED) is 0.829. The van der Waals surface area contributed by atoms with E-state index in [1.165, 1.54) is 0 Å². The molecule has 1 unspecified atom stereocenters. The molecule has 0 aliphatic rings. The van der Waals surface area contributed by atoms with Crippen molar-refractivity contribution in [1.29, 1.82) is 0 Å². The van der Waals surface area contributed by atoms with E-state index < -0.39 is 5.54 Å². The lowest BCUT2D eigenvalue weighted by atomic mass is 9.97. The molecule has 2 N–H and O–H groups in total. The molecule has 0 saturated carbocycles. The van der Waals surface area contributed by atoms with Gasteiger partial charge in [0.25, 0.3) is 0 Å². The van der Waals surface area contributed by atoms with Crippen LogP contribution >= 0.6 is 0 Å². The van der Waals surface area contributed by atoms with E-state index in [2.05, 4.69) is 15.6 Å². The highest BCUT2D eigenvalue weighted by atomic mass is 16.5. The Balaban J connectivity index is 2.02. The molecule has 0 aliphatic heterocycles. The van der Waals surface area contributed by atoms with Gasteiger partial charge in [-0.3, -0.25) is 4.79 Å². The van der Waals surface area contributed by atoms with E-state index in [1.807, 2.05) is 25.1 Å². The average Bonchev–Trinajstić information content (AvgIpc) is 2.75. The molecule has 2 aromatic rings. The Labute approximate surface area is 125 Å². The standard InChI is InChI=1S/C16H23N3O2/c1-4-21-15(20)16(3,17)10-7-11-19-12(2)18-13-8-5-6-9-14(13)19/h5-6,8-9H,4,7,10-11,17H2,1-3H3. The molecule has 1 aromatic carbocycles. The molecular weight excluding hydrogens is 266 g/mol. The normalized spacial score (nSPS) is 14.1. The van der Waals surface area contributed by atoms with Crippen LogP contribution in [0.15, 0.2) is 24.3 Å². The van der Waals surface area contributed by atoms with E-state index >= 15 is 0 Å². The van der Waals surface area contributed by atoms with Gasteiger partial charge in [0.2, 0.25) is 0 Å². The zero-order valence-electron chi connectivity index (χ0n) is 12.9. The van der Waals surface area contributed by atoms with Gasteiger partial charge in [0.1, 0.15) is 11.4 Å². The summed E-state index contributed by atoms with van der Waals surface area (Å²) < 4.78 is 7.17.